The van der Waals surface area contributed by atoms with E-state index in [1.54, 1.807) is 0 Å². The Balaban J connectivity index is 5.21. The van der Waals surface area contributed by atoms with Crippen LogP contribution in [0.25, 0.3) is 0 Å². The molecule has 0 heterocycles. The molecule has 0 fully saturated rings. The van der Waals surface area contributed by atoms with Crippen molar-refractivity contribution in [2.24, 2.45) is 17.8 Å². The topological polar surface area (TPSA) is 237 Å². The first-order chi connectivity index (χ1) is 48.8. The van der Waals surface area contributed by atoms with Crippen LogP contribution in [0.3, 0.4) is 0 Å². The maximum atomic E-state index is 13.1. The summed E-state index contributed by atoms with van der Waals surface area (Å²) in [6.07, 6.45) is 61.0. The highest BCUT2D eigenvalue weighted by Gasteiger charge is 2.30. The van der Waals surface area contributed by atoms with Crippen LogP contribution in [0.1, 0.15) is 427 Å². The minimum atomic E-state index is -4.96. The Bertz CT molecular complexity index is 1960. The number of hydrogen-bond donors (Lipinski definition) is 3. The second-order valence-electron chi connectivity index (χ2n) is 30.7. The van der Waals surface area contributed by atoms with Gasteiger partial charge in [-0.05, 0) is 43.4 Å². The monoisotopic (exact) mass is 1480 g/mol. The van der Waals surface area contributed by atoms with Crippen molar-refractivity contribution in [2.45, 2.75) is 446 Å². The van der Waals surface area contributed by atoms with Crippen molar-refractivity contribution in [2.75, 3.05) is 39.6 Å². The van der Waals surface area contributed by atoms with Crippen LogP contribution >= 0.6 is 15.6 Å². The number of phosphoric ester groups is 2. The average Bonchev–Trinajstić information content (AvgIpc) is 1.36. The van der Waals surface area contributed by atoms with E-state index in [2.05, 4.69) is 48.5 Å². The molecule has 101 heavy (non-hydrogen) atoms. The van der Waals surface area contributed by atoms with Gasteiger partial charge in [-0.2, -0.15) is 0 Å². The number of carbonyl (C=O) groups is 4. The first-order valence-corrected chi connectivity index (χ1v) is 45.4. The summed E-state index contributed by atoms with van der Waals surface area (Å²) in [6.45, 7) is 12.0. The SMILES string of the molecule is CCCCCCCCCCC(=O)OC[C@H](COP(=O)(O)OC[C@H](O)COP(=O)(O)OC[C@@H](COC(=O)CCCCCCCCCCCCCCCCC(C)CC)OC(=O)CCCCCCCCCCCCCCCCCCC(C)C)OC(=O)CCCCCCCCCCCCCCCC(C)C. The van der Waals surface area contributed by atoms with E-state index in [9.17, 15) is 43.2 Å². The van der Waals surface area contributed by atoms with Gasteiger partial charge < -0.3 is 33.8 Å². The largest absolute Gasteiger partial charge is 0.472 e. The predicted molar refractivity (Wildman–Crippen MR) is 414 cm³/mol. The lowest BCUT2D eigenvalue weighted by Gasteiger charge is -2.21. The predicted octanol–water partition coefficient (Wildman–Crippen LogP) is 24.5. The smallest absolute Gasteiger partial charge is 0.462 e. The molecule has 3 unspecified atom stereocenters. The first-order valence-electron chi connectivity index (χ1n) is 42.4. The molecule has 600 valence electrons. The summed E-state index contributed by atoms with van der Waals surface area (Å²) in [7, 11) is -9.92. The molecule has 0 aliphatic carbocycles. The molecule has 0 aromatic heterocycles. The zero-order valence-electron chi connectivity index (χ0n) is 66.4. The Morgan fingerprint density at radius 2 is 0.505 bits per heavy atom. The Hall–Kier alpha value is -1.94. The third-order valence-electron chi connectivity index (χ3n) is 19.5. The normalized spacial score (nSPS) is 14.2. The maximum Gasteiger partial charge on any atom is 0.472 e. The van der Waals surface area contributed by atoms with Crippen LogP contribution in [0, 0.1) is 17.8 Å². The zero-order valence-corrected chi connectivity index (χ0v) is 68.2. The molecule has 17 nitrogen and oxygen atoms in total. The molecule has 3 N–H and O–H groups in total. The van der Waals surface area contributed by atoms with Crippen LogP contribution in [0.5, 0.6) is 0 Å². The van der Waals surface area contributed by atoms with Crippen molar-refractivity contribution in [1.82, 2.24) is 0 Å². The Kier molecular flexibility index (Phi) is 70.9. The van der Waals surface area contributed by atoms with Crippen LogP contribution in [-0.4, -0.2) is 96.7 Å². The second kappa shape index (κ2) is 72.3. The van der Waals surface area contributed by atoms with Gasteiger partial charge in [-0.1, -0.05) is 376 Å². The molecular weight excluding hydrogens is 1320 g/mol. The maximum absolute atomic E-state index is 13.1. The van der Waals surface area contributed by atoms with Crippen molar-refractivity contribution in [3.8, 4) is 0 Å². The Morgan fingerprint density at radius 3 is 0.752 bits per heavy atom. The summed E-state index contributed by atoms with van der Waals surface area (Å²) >= 11 is 0. The molecular formula is C82H160O17P2. The number of esters is 4. The van der Waals surface area contributed by atoms with Gasteiger partial charge in [0, 0.05) is 25.7 Å². The molecule has 19 heteroatoms. The number of aliphatic hydroxyl groups is 1. The highest BCUT2D eigenvalue weighted by molar-refractivity contribution is 7.47. The number of ether oxygens (including phenoxy) is 4. The molecule has 0 spiro atoms. The first kappa shape index (κ1) is 99.1. The minimum absolute atomic E-state index is 0.107. The summed E-state index contributed by atoms with van der Waals surface area (Å²) in [5.41, 5.74) is 0. The van der Waals surface area contributed by atoms with Gasteiger partial charge in [-0.15, -0.1) is 0 Å². The quantitative estimate of drug-likeness (QED) is 0.0222. The second-order valence-corrected chi connectivity index (χ2v) is 33.6. The van der Waals surface area contributed by atoms with E-state index in [1.807, 2.05) is 0 Å². The zero-order chi connectivity index (χ0) is 74.4. The lowest BCUT2D eigenvalue weighted by Crippen LogP contribution is -2.30. The molecule has 0 radical (unpaired) electrons. The molecule has 0 rings (SSSR count). The summed E-state index contributed by atoms with van der Waals surface area (Å²) in [5, 5.41) is 10.6. The van der Waals surface area contributed by atoms with Crippen LogP contribution in [0.2, 0.25) is 0 Å². The molecule has 6 atom stereocenters. The van der Waals surface area contributed by atoms with E-state index >= 15 is 0 Å². The van der Waals surface area contributed by atoms with Crippen molar-refractivity contribution < 1.29 is 80.2 Å². The lowest BCUT2D eigenvalue weighted by atomic mass is 9.99. The van der Waals surface area contributed by atoms with Gasteiger partial charge in [0.05, 0.1) is 26.4 Å². The van der Waals surface area contributed by atoms with Crippen molar-refractivity contribution >= 4 is 39.5 Å². The summed E-state index contributed by atoms with van der Waals surface area (Å²) in [6, 6.07) is 0. The van der Waals surface area contributed by atoms with Crippen LogP contribution in [0.15, 0.2) is 0 Å². The van der Waals surface area contributed by atoms with E-state index < -0.39 is 97.5 Å². The minimum Gasteiger partial charge on any atom is -0.462 e. The van der Waals surface area contributed by atoms with E-state index in [-0.39, 0.29) is 25.7 Å². The van der Waals surface area contributed by atoms with Crippen molar-refractivity contribution in [1.29, 1.82) is 0 Å². The van der Waals surface area contributed by atoms with Crippen LogP contribution in [-0.2, 0) is 65.4 Å². The van der Waals surface area contributed by atoms with E-state index in [0.29, 0.717) is 25.7 Å². The lowest BCUT2D eigenvalue weighted by molar-refractivity contribution is -0.161. The molecule has 0 saturated carbocycles. The number of unbranched alkanes of at least 4 members (excludes halogenated alkanes) is 47. The number of carbonyl (C=O) groups excluding carboxylic acids is 4. The Labute approximate surface area is 619 Å². The number of aliphatic hydroxyl groups excluding tert-OH is 1. The van der Waals surface area contributed by atoms with E-state index in [1.165, 1.54) is 231 Å². The molecule has 0 aromatic rings. The molecule has 0 saturated heterocycles. The van der Waals surface area contributed by atoms with Gasteiger partial charge in [-0.25, -0.2) is 9.13 Å². The fourth-order valence-corrected chi connectivity index (χ4v) is 14.2. The van der Waals surface area contributed by atoms with Gasteiger partial charge in [0.1, 0.15) is 19.3 Å². The number of phosphoric acid groups is 2. The Morgan fingerprint density at radius 1 is 0.287 bits per heavy atom. The van der Waals surface area contributed by atoms with Crippen molar-refractivity contribution in [3.63, 3.8) is 0 Å². The van der Waals surface area contributed by atoms with Gasteiger partial charge in [0.15, 0.2) is 12.2 Å². The summed E-state index contributed by atoms with van der Waals surface area (Å²) in [5.74, 6) is 0.335. The fourth-order valence-electron chi connectivity index (χ4n) is 12.6. The van der Waals surface area contributed by atoms with Gasteiger partial charge in [0.2, 0.25) is 0 Å². The molecule has 0 amide bonds. The molecule has 0 aliphatic rings. The van der Waals surface area contributed by atoms with Gasteiger partial charge >= 0.3 is 39.5 Å². The third-order valence-corrected chi connectivity index (χ3v) is 21.4. The fraction of sp³-hybridized carbons (Fsp3) is 0.951. The average molecular weight is 1480 g/mol. The summed E-state index contributed by atoms with van der Waals surface area (Å²) < 4.78 is 68.7. The highest BCUT2D eigenvalue weighted by atomic mass is 31.2. The molecule has 0 bridgehead atoms. The van der Waals surface area contributed by atoms with E-state index in [0.717, 1.165) is 114 Å². The summed E-state index contributed by atoms with van der Waals surface area (Å²) in [4.78, 5) is 73.0. The van der Waals surface area contributed by atoms with Crippen LogP contribution in [0.4, 0.5) is 0 Å². The van der Waals surface area contributed by atoms with Gasteiger partial charge in [0.25, 0.3) is 0 Å². The molecule has 0 aromatic carbocycles. The number of rotatable bonds is 80. The van der Waals surface area contributed by atoms with Crippen molar-refractivity contribution in [3.05, 3.63) is 0 Å². The van der Waals surface area contributed by atoms with Gasteiger partial charge in [-0.3, -0.25) is 37.3 Å². The van der Waals surface area contributed by atoms with Crippen LogP contribution < -0.4 is 0 Å². The third kappa shape index (κ3) is 74.7. The highest BCUT2D eigenvalue weighted by Crippen LogP contribution is 2.45. The molecule has 0 aliphatic heterocycles. The number of hydrogen-bond acceptors (Lipinski definition) is 15. The standard InChI is InChI=1S/C82H160O17P2/c1-8-10-11-12-13-42-49-56-63-79(84)92-69-77(98-81(86)66-59-52-45-38-32-26-20-22-28-34-40-47-54-61-74(5)6)71-96-100(88,89)94-67-76(83)68-95-101(90,91)97-72-78(70-93-80(85)64-57-50-43-36-30-24-19-18-23-29-35-41-48-55-62-75(7)9-2)99-82(87)65-58-51-44-37-31-25-17-15-14-16-21-27-33-39-46-53-60-73(3)4/h73-78,83H,8-72H2,1-7H3,(H,88,89)(H,90,91)/t75?,76-,77+,78+/m0/s1. The van der Waals surface area contributed by atoms with E-state index in [4.69, 9.17) is 37.0 Å².